The molecule has 3 N–H and O–H groups in total. The number of likely N-dealkylation sites (tertiary alicyclic amines) is 1. The topological polar surface area (TPSA) is 95.3 Å². The molecule has 7 nitrogen and oxygen atoms in total. The molecule has 0 aliphatic carbocycles. The average Bonchev–Trinajstić information content (AvgIpc) is 3.41. The lowest BCUT2D eigenvalue weighted by Crippen LogP contribution is -2.49. The zero-order valence-corrected chi connectivity index (χ0v) is 15.3. The van der Waals surface area contributed by atoms with Crippen molar-refractivity contribution < 1.29 is 9.59 Å². The van der Waals surface area contributed by atoms with E-state index in [1.165, 1.54) is 0 Å². The van der Waals surface area contributed by atoms with Crippen molar-refractivity contribution in [2.75, 3.05) is 18.0 Å². The van der Waals surface area contributed by atoms with Crippen LogP contribution in [0.15, 0.2) is 48.5 Å². The Morgan fingerprint density at radius 1 is 1.07 bits per heavy atom. The van der Waals surface area contributed by atoms with E-state index < -0.39 is 5.91 Å². The highest BCUT2D eigenvalue weighted by atomic mass is 16.2. The summed E-state index contributed by atoms with van der Waals surface area (Å²) in [6.07, 6.45) is 1.39. The van der Waals surface area contributed by atoms with Crippen LogP contribution in [0.2, 0.25) is 0 Å². The molecular weight excluding hydrogens is 354 g/mol. The van der Waals surface area contributed by atoms with Crippen LogP contribution in [0.3, 0.4) is 0 Å². The van der Waals surface area contributed by atoms with E-state index in [9.17, 15) is 9.59 Å². The first-order valence-corrected chi connectivity index (χ1v) is 9.49. The van der Waals surface area contributed by atoms with Crippen molar-refractivity contribution in [1.29, 1.82) is 0 Å². The van der Waals surface area contributed by atoms with E-state index in [-0.39, 0.29) is 18.0 Å². The fraction of sp³-hybridized carbons (Fsp3) is 0.286. The second-order valence-electron chi connectivity index (χ2n) is 7.53. The van der Waals surface area contributed by atoms with Crippen LogP contribution in [-0.2, 0) is 11.2 Å². The van der Waals surface area contributed by atoms with Gasteiger partial charge in [-0.05, 0) is 24.1 Å². The quantitative estimate of drug-likeness (QED) is 0.725. The molecule has 0 saturated carbocycles. The Morgan fingerprint density at radius 3 is 2.61 bits per heavy atom. The summed E-state index contributed by atoms with van der Waals surface area (Å²) in [6.45, 7) is 1.45. The van der Waals surface area contributed by atoms with Gasteiger partial charge in [-0.2, -0.15) is 0 Å². The number of carbonyl (C=O) groups excluding carboxylic acids is 2. The zero-order chi connectivity index (χ0) is 19.3. The van der Waals surface area contributed by atoms with E-state index in [1.807, 2.05) is 41.3 Å². The number of amides is 2. The molecule has 0 unspecified atom stereocenters. The minimum absolute atomic E-state index is 0.180. The number of piperazine rings is 1. The number of rotatable bonds is 4. The van der Waals surface area contributed by atoms with Gasteiger partial charge in [0.25, 0.3) is 5.91 Å². The summed E-state index contributed by atoms with van der Waals surface area (Å²) in [7, 11) is 0. The number of nitrogens with one attached hydrogen (secondary N) is 1. The maximum absolute atomic E-state index is 12.7. The summed E-state index contributed by atoms with van der Waals surface area (Å²) in [4.78, 5) is 36.6. The highest BCUT2D eigenvalue weighted by molar-refractivity contribution is 6.04. The SMILES string of the molecule is NC(=O)c1cccc2[nH]c(N3C[C@@H]4C[C@@H]3CN4C(=O)Cc3ccccc3)nc12. The van der Waals surface area contributed by atoms with Gasteiger partial charge < -0.3 is 20.5 Å². The van der Waals surface area contributed by atoms with Gasteiger partial charge in [-0.1, -0.05) is 36.4 Å². The summed E-state index contributed by atoms with van der Waals surface area (Å²) in [5.74, 6) is 0.439. The fourth-order valence-corrected chi connectivity index (χ4v) is 4.46. The Morgan fingerprint density at radius 2 is 1.89 bits per heavy atom. The molecule has 3 heterocycles. The van der Waals surface area contributed by atoms with Crippen LogP contribution < -0.4 is 10.6 Å². The molecule has 2 aromatic carbocycles. The van der Waals surface area contributed by atoms with Crippen molar-refractivity contribution in [3.8, 4) is 0 Å². The first kappa shape index (κ1) is 16.8. The number of H-pyrrole nitrogens is 1. The summed E-state index contributed by atoms with van der Waals surface area (Å²) >= 11 is 0. The fourth-order valence-electron chi connectivity index (χ4n) is 4.46. The molecule has 1 aromatic heterocycles. The van der Waals surface area contributed by atoms with Crippen LogP contribution >= 0.6 is 0 Å². The monoisotopic (exact) mass is 375 g/mol. The Balaban J connectivity index is 1.33. The Bertz CT molecular complexity index is 1060. The number of aromatic nitrogens is 2. The number of anilines is 1. The molecule has 0 spiro atoms. The Hall–Kier alpha value is -3.35. The first-order valence-electron chi connectivity index (χ1n) is 9.49. The van der Waals surface area contributed by atoms with Gasteiger partial charge in [-0.15, -0.1) is 0 Å². The van der Waals surface area contributed by atoms with E-state index in [4.69, 9.17) is 5.73 Å². The third-order valence-corrected chi connectivity index (χ3v) is 5.80. The second kappa shape index (κ2) is 6.37. The minimum Gasteiger partial charge on any atom is -0.366 e. The molecule has 0 radical (unpaired) electrons. The molecule has 3 aromatic rings. The molecule has 2 amide bonds. The third kappa shape index (κ3) is 2.70. The molecule has 2 aliphatic heterocycles. The number of nitrogens with zero attached hydrogens (tertiary/aromatic N) is 3. The van der Waals surface area contributed by atoms with Gasteiger partial charge in [0.2, 0.25) is 11.9 Å². The lowest BCUT2D eigenvalue weighted by Gasteiger charge is -2.34. The summed E-state index contributed by atoms with van der Waals surface area (Å²) in [5, 5.41) is 0. The smallest absolute Gasteiger partial charge is 0.250 e. The molecule has 28 heavy (non-hydrogen) atoms. The summed E-state index contributed by atoms with van der Waals surface area (Å²) in [5.41, 5.74) is 8.33. The lowest BCUT2D eigenvalue weighted by atomic mass is 10.1. The number of carbonyl (C=O) groups is 2. The van der Waals surface area contributed by atoms with Crippen LogP contribution in [0.1, 0.15) is 22.3 Å². The first-order chi connectivity index (χ1) is 13.6. The Kier molecular flexibility index (Phi) is 3.82. The predicted octanol–water partition coefficient (Wildman–Crippen LogP) is 1.69. The van der Waals surface area contributed by atoms with Crippen LogP contribution in [0.25, 0.3) is 11.0 Å². The molecular formula is C21H21N5O2. The highest BCUT2D eigenvalue weighted by Gasteiger charge is 2.46. The Labute approximate surface area is 162 Å². The van der Waals surface area contributed by atoms with Crippen molar-refractivity contribution in [2.45, 2.75) is 24.9 Å². The number of primary amides is 1. The molecule has 5 rings (SSSR count). The number of benzene rings is 2. The van der Waals surface area contributed by atoms with Crippen molar-refractivity contribution in [1.82, 2.24) is 14.9 Å². The van der Waals surface area contributed by atoms with E-state index in [1.54, 1.807) is 12.1 Å². The largest absolute Gasteiger partial charge is 0.366 e. The van der Waals surface area contributed by atoms with Gasteiger partial charge in [0, 0.05) is 13.1 Å². The van der Waals surface area contributed by atoms with Gasteiger partial charge in [0.05, 0.1) is 29.6 Å². The maximum Gasteiger partial charge on any atom is 0.250 e. The number of hydrogen-bond acceptors (Lipinski definition) is 4. The minimum atomic E-state index is -0.482. The second-order valence-corrected chi connectivity index (χ2v) is 7.53. The standard InChI is InChI=1S/C21H21N5O2/c22-20(28)16-7-4-8-17-19(16)24-21(23-17)26-12-14-10-15(26)11-25(14)18(27)9-13-5-2-1-3-6-13/h1-8,14-15H,9-12H2,(H2,22,28)(H,23,24)/t14-,15+/m0/s1. The molecule has 2 fully saturated rings. The van der Waals surface area contributed by atoms with Crippen molar-refractivity contribution >= 4 is 28.8 Å². The lowest BCUT2D eigenvalue weighted by molar-refractivity contribution is -0.131. The number of hydrogen-bond donors (Lipinski definition) is 2. The summed E-state index contributed by atoms with van der Waals surface area (Å²) in [6, 6.07) is 15.7. The molecule has 2 bridgehead atoms. The van der Waals surface area contributed by atoms with Gasteiger partial charge in [0.1, 0.15) is 5.52 Å². The highest BCUT2D eigenvalue weighted by Crippen LogP contribution is 2.34. The number of aromatic amines is 1. The van der Waals surface area contributed by atoms with E-state index in [0.717, 1.165) is 30.0 Å². The van der Waals surface area contributed by atoms with Crippen LogP contribution in [0.4, 0.5) is 5.95 Å². The van der Waals surface area contributed by atoms with Gasteiger partial charge in [-0.3, -0.25) is 9.59 Å². The van der Waals surface area contributed by atoms with Crippen molar-refractivity contribution in [3.63, 3.8) is 0 Å². The zero-order valence-electron chi connectivity index (χ0n) is 15.3. The molecule has 7 heteroatoms. The van der Waals surface area contributed by atoms with Gasteiger partial charge in [0.15, 0.2) is 0 Å². The van der Waals surface area contributed by atoms with Crippen LogP contribution in [0, 0.1) is 0 Å². The third-order valence-electron chi connectivity index (χ3n) is 5.80. The number of para-hydroxylation sites is 1. The normalized spacial score (nSPS) is 20.9. The number of imidazole rings is 1. The van der Waals surface area contributed by atoms with E-state index in [2.05, 4.69) is 14.9 Å². The van der Waals surface area contributed by atoms with Crippen LogP contribution in [-0.4, -0.2) is 51.9 Å². The summed E-state index contributed by atoms with van der Waals surface area (Å²) < 4.78 is 0. The van der Waals surface area contributed by atoms with E-state index >= 15 is 0 Å². The number of fused-ring (bicyclic) bond motifs is 3. The number of nitrogens with two attached hydrogens (primary N) is 1. The van der Waals surface area contributed by atoms with Crippen LogP contribution in [0.5, 0.6) is 0 Å². The predicted molar refractivity (Wildman–Crippen MR) is 106 cm³/mol. The van der Waals surface area contributed by atoms with Gasteiger partial charge in [-0.25, -0.2) is 4.98 Å². The van der Waals surface area contributed by atoms with Crippen molar-refractivity contribution in [2.24, 2.45) is 5.73 Å². The molecule has 142 valence electrons. The van der Waals surface area contributed by atoms with Crippen molar-refractivity contribution in [3.05, 3.63) is 59.7 Å². The maximum atomic E-state index is 12.7. The van der Waals surface area contributed by atoms with Gasteiger partial charge >= 0.3 is 0 Å². The molecule has 2 saturated heterocycles. The molecule has 2 atom stereocenters. The average molecular weight is 375 g/mol. The molecule has 2 aliphatic rings. The van der Waals surface area contributed by atoms with E-state index in [0.29, 0.717) is 24.0 Å².